The molecule has 1 amide bonds. The van der Waals surface area contributed by atoms with Gasteiger partial charge >= 0.3 is 0 Å². The van der Waals surface area contributed by atoms with Crippen molar-refractivity contribution in [2.45, 2.75) is 12.5 Å². The molecule has 1 aromatic carbocycles. The molecule has 1 rings (SSSR count). The van der Waals surface area contributed by atoms with Crippen molar-refractivity contribution in [3.63, 3.8) is 0 Å². The first-order valence-electron chi connectivity index (χ1n) is 6.78. The Hall–Kier alpha value is -1.25. The van der Waals surface area contributed by atoms with Gasteiger partial charge in [0.05, 0.1) is 11.8 Å². The second-order valence-corrected chi connectivity index (χ2v) is 8.13. The summed E-state index contributed by atoms with van der Waals surface area (Å²) < 4.78 is 27.4. The van der Waals surface area contributed by atoms with Crippen LogP contribution in [0.15, 0.2) is 24.3 Å². The van der Waals surface area contributed by atoms with Crippen LogP contribution in [0.4, 0.5) is 5.69 Å². The lowest BCUT2D eigenvalue weighted by Crippen LogP contribution is -2.36. The molecule has 0 aliphatic carbocycles. The molecule has 3 N–H and O–H groups in total. The minimum absolute atomic E-state index is 0.0524. The number of hydrogen-bond acceptors (Lipinski definition) is 6. The molecule has 0 aromatic heterocycles. The maximum atomic E-state index is 11.9. The average Bonchev–Trinajstić information content (AvgIpc) is 2.43. The summed E-state index contributed by atoms with van der Waals surface area (Å²) in [5.74, 6) is 1.02. The number of amides is 1. The lowest BCUT2D eigenvalue weighted by Gasteiger charge is -2.12. The van der Waals surface area contributed by atoms with E-state index in [2.05, 4.69) is 5.32 Å². The third kappa shape index (κ3) is 7.67. The van der Waals surface area contributed by atoms with E-state index in [0.29, 0.717) is 17.9 Å². The molecule has 0 spiro atoms. The van der Waals surface area contributed by atoms with Crippen molar-refractivity contribution in [2.24, 2.45) is 5.73 Å². The van der Waals surface area contributed by atoms with E-state index >= 15 is 0 Å². The molecule has 1 atom stereocenters. The largest absolute Gasteiger partial charge is 0.492 e. The van der Waals surface area contributed by atoms with E-state index in [9.17, 15) is 13.2 Å². The summed E-state index contributed by atoms with van der Waals surface area (Å²) in [4.78, 5) is 11.9. The molecule has 0 radical (unpaired) electrons. The molecular weight excluding hydrogens is 324 g/mol. The van der Waals surface area contributed by atoms with Crippen LogP contribution < -0.4 is 15.8 Å². The Kier molecular flexibility index (Phi) is 7.70. The topological polar surface area (TPSA) is 98.5 Å². The number of nitrogens with one attached hydrogen (secondary N) is 1. The van der Waals surface area contributed by atoms with Gasteiger partial charge in [0.15, 0.2) is 9.84 Å². The van der Waals surface area contributed by atoms with E-state index in [1.165, 1.54) is 0 Å². The van der Waals surface area contributed by atoms with Crippen LogP contribution in [0.5, 0.6) is 5.75 Å². The highest BCUT2D eigenvalue weighted by atomic mass is 32.2. The van der Waals surface area contributed by atoms with Crippen LogP contribution in [0.25, 0.3) is 0 Å². The van der Waals surface area contributed by atoms with Gasteiger partial charge in [-0.2, -0.15) is 11.8 Å². The minimum atomic E-state index is -3.06. The van der Waals surface area contributed by atoms with Crippen molar-refractivity contribution < 1.29 is 17.9 Å². The van der Waals surface area contributed by atoms with Crippen molar-refractivity contribution in [3.05, 3.63) is 24.3 Å². The molecule has 124 valence electrons. The lowest BCUT2D eigenvalue weighted by molar-refractivity contribution is -0.117. The Morgan fingerprint density at radius 1 is 1.45 bits per heavy atom. The van der Waals surface area contributed by atoms with Crippen molar-refractivity contribution >= 4 is 33.2 Å². The van der Waals surface area contributed by atoms with Crippen LogP contribution in [0.1, 0.15) is 6.42 Å². The van der Waals surface area contributed by atoms with Gasteiger partial charge < -0.3 is 15.8 Å². The second-order valence-electron chi connectivity index (χ2n) is 4.88. The van der Waals surface area contributed by atoms with Crippen molar-refractivity contribution in [1.82, 2.24) is 0 Å². The van der Waals surface area contributed by atoms with Crippen molar-refractivity contribution in [2.75, 3.05) is 35.9 Å². The molecule has 0 aliphatic rings. The summed E-state index contributed by atoms with van der Waals surface area (Å²) in [6.07, 6.45) is 3.72. The summed E-state index contributed by atoms with van der Waals surface area (Å²) in [5.41, 5.74) is 6.36. The number of hydrogen-bond donors (Lipinski definition) is 2. The van der Waals surface area contributed by atoms with Gasteiger partial charge in [0.25, 0.3) is 0 Å². The molecule has 8 heteroatoms. The Labute approximate surface area is 135 Å². The summed E-state index contributed by atoms with van der Waals surface area (Å²) >= 11 is 1.64. The van der Waals surface area contributed by atoms with Crippen LogP contribution in [0.3, 0.4) is 0 Å². The quantitative estimate of drug-likeness (QED) is 0.695. The normalized spacial score (nSPS) is 12.7. The minimum Gasteiger partial charge on any atom is -0.492 e. The van der Waals surface area contributed by atoms with Crippen LogP contribution in [0, 0.1) is 0 Å². The lowest BCUT2D eigenvalue weighted by atomic mass is 10.2. The fourth-order valence-corrected chi connectivity index (χ4v) is 2.46. The number of carbonyl (C=O) groups excluding carboxylic acids is 1. The van der Waals surface area contributed by atoms with Crippen LogP contribution in [0.2, 0.25) is 0 Å². The van der Waals surface area contributed by atoms with Gasteiger partial charge in [-0.1, -0.05) is 6.07 Å². The zero-order chi connectivity index (χ0) is 16.6. The number of benzene rings is 1. The number of carbonyl (C=O) groups is 1. The average molecular weight is 346 g/mol. The van der Waals surface area contributed by atoms with Crippen molar-refractivity contribution in [3.8, 4) is 5.75 Å². The predicted octanol–water partition coefficient (Wildman–Crippen LogP) is 1.13. The number of nitrogens with two attached hydrogens (primary N) is 1. The first-order chi connectivity index (χ1) is 10.3. The van der Waals surface area contributed by atoms with E-state index in [1.807, 2.05) is 6.26 Å². The van der Waals surface area contributed by atoms with Gasteiger partial charge in [-0.3, -0.25) is 4.79 Å². The number of thioether (sulfide) groups is 1. The van der Waals surface area contributed by atoms with E-state index in [4.69, 9.17) is 10.5 Å². The standard InChI is InChI=1S/C14H22N2O4S2/c1-21-8-6-13(15)14(17)16-11-4-3-5-12(10-11)20-7-9-22(2,18)19/h3-5,10,13H,6-9,15H2,1-2H3,(H,16,17)/t13-/m0/s1. The highest BCUT2D eigenvalue weighted by Gasteiger charge is 2.13. The number of anilines is 1. The van der Waals surface area contributed by atoms with Gasteiger partial charge in [-0.05, 0) is 30.6 Å². The third-order valence-corrected chi connectivity index (χ3v) is 4.35. The number of rotatable bonds is 9. The zero-order valence-corrected chi connectivity index (χ0v) is 14.4. The molecule has 0 saturated carbocycles. The molecule has 0 bridgehead atoms. The molecule has 22 heavy (non-hydrogen) atoms. The highest BCUT2D eigenvalue weighted by Crippen LogP contribution is 2.17. The van der Waals surface area contributed by atoms with Crippen LogP contribution >= 0.6 is 11.8 Å². The van der Waals surface area contributed by atoms with E-state index in [-0.39, 0.29) is 18.3 Å². The van der Waals surface area contributed by atoms with Gasteiger partial charge in [-0.25, -0.2) is 8.42 Å². The first-order valence-corrected chi connectivity index (χ1v) is 10.2. The predicted molar refractivity (Wildman–Crippen MR) is 91.3 cm³/mol. The monoisotopic (exact) mass is 346 g/mol. The van der Waals surface area contributed by atoms with E-state index in [1.54, 1.807) is 36.0 Å². The van der Waals surface area contributed by atoms with Crippen molar-refractivity contribution in [1.29, 1.82) is 0 Å². The fourth-order valence-electron chi connectivity index (χ4n) is 1.59. The van der Waals surface area contributed by atoms with Gasteiger partial charge in [0, 0.05) is 18.0 Å². The maximum absolute atomic E-state index is 11.9. The first kappa shape index (κ1) is 18.8. The maximum Gasteiger partial charge on any atom is 0.241 e. The Balaban J connectivity index is 2.55. The summed E-state index contributed by atoms with van der Waals surface area (Å²) in [6, 6.07) is 6.23. The Bertz CT molecular complexity index is 590. The Morgan fingerprint density at radius 2 is 2.18 bits per heavy atom. The molecule has 6 nitrogen and oxygen atoms in total. The fraction of sp³-hybridized carbons (Fsp3) is 0.500. The molecular formula is C14H22N2O4S2. The number of sulfone groups is 1. The molecule has 0 aliphatic heterocycles. The summed E-state index contributed by atoms with van der Waals surface area (Å²) in [6.45, 7) is 0.0729. The van der Waals surface area contributed by atoms with Gasteiger partial charge in [0.2, 0.25) is 5.91 Å². The summed E-state index contributed by atoms with van der Waals surface area (Å²) in [5, 5.41) is 2.73. The van der Waals surface area contributed by atoms with Gasteiger partial charge in [-0.15, -0.1) is 0 Å². The van der Waals surface area contributed by atoms with Crippen LogP contribution in [-0.4, -0.2) is 51.0 Å². The highest BCUT2D eigenvalue weighted by molar-refractivity contribution is 7.98. The second kappa shape index (κ2) is 9.02. The van der Waals surface area contributed by atoms with Gasteiger partial charge in [0.1, 0.15) is 12.4 Å². The van der Waals surface area contributed by atoms with E-state index < -0.39 is 15.9 Å². The molecule has 0 unspecified atom stereocenters. The number of ether oxygens (including phenoxy) is 1. The summed E-state index contributed by atoms with van der Waals surface area (Å²) in [7, 11) is -3.06. The Morgan fingerprint density at radius 3 is 2.82 bits per heavy atom. The zero-order valence-electron chi connectivity index (χ0n) is 12.7. The van der Waals surface area contributed by atoms with E-state index in [0.717, 1.165) is 12.0 Å². The molecule has 0 heterocycles. The third-order valence-electron chi connectivity index (χ3n) is 2.79. The molecule has 0 saturated heterocycles. The molecule has 0 fully saturated rings. The van der Waals surface area contributed by atoms with Crippen LogP contribution in [-0.2, 0) is 14.6 Å². The molecule has 1 aromatic rings. The smallest absolute Gasteiger partial charge is 0.241 e. The SMILES string of the molecule is CSCC[C@H](N)C(=O)Nc1cccc(OCCS(C)(=O)=O)c1.